The van der Waals surface area contributed by atoms with Gasteiger partial charge in [0.15, 0.2) is 5.11 Å². The van der Waals surface area contributed by atoms with Crippen LogP contribution < -0.4 is 15.0 Å². The molecule has 0 saturated heterocycles. The summed E-state index contributed by atoms with van der Waals surface area (Å²) in [6.45, 7) is 6.21. The molecular weight excluding hydrogens is 456 g/mol. The lowest BCUT2D eigenvalue weighted by Gasteiger charge is -2.37. The summed E-state index contributed by atoms with van der Waals surface area (Å²) < 4.78 is 11.2. The zero-order valence-electron chi connectivity index (χ0n) is 20.1. The van der Waals surface area contributed by atoms with Crippen molar-refractivity contribution in [2.24, 2.45) is 0 Å². The van der Waals surface area contributed by atoms with Crippen LogP contribution in [-0.2, 0) is 0 Å². The lowest BCUT2D eigenvalue weighted by Crippen LogP contribution is -2.46. The second-order valence-corrected chi connectivity index (χ2v) is 9.01. The number of aromatic nitrogens is 2. The number of allylic oxidation sites excluding steroid dienone is 1. The molecule has 176 valence electrons. The lowest BCUT2D eigenvalue weighted by molar-refractivity contribution is 0.404. The smallest absolute Gasteiger partial charge is 0.258 e. The number of nitrogens with zero attached hydrogens (tertiary/aromatic N) is 3. The molecule has 1 aromatic heterocycles. The van der Waals surface area contributed by atoms with Gasteiger partial charge in [0.25, 0.3) is 5.89 Å². The molecule has 0 radical (unpaired) electrons. The third kappa shape index (κ3) is 4.42. The quantitative estimate of drug-likeness (QED) is 0.338. The first kappa shape index (κ1) is 22.8. The summed E-state index contributed by atoms with van der Waals surface area (Å²) in [6, 6.07) is 23.9. The topological polar surface area (TPSA) is 63.4 Å². The van der Waals surface area contributed by atoms with Crippen LogP contribution in [-0.4, -0.2) is 22.4 Å². The van der Waals surface area contributed by atoms with Crippen molar-refractivity contribution >= 4 is 28.6 Å². The molecule has 1 unspecified atom stereocenters. The van der Waals surface area contributed by atoms with Gasteiger partial charge in [-0.1, -0.05) is 53.7 Å². The van der Waals surface area contributed by atoms with Gasteiger partial charge in [0, 0.05) is 16.9 Å². The second-order valence-electron chi connectivity index (χ2n) is 8.63. The van der Waals surface area contributed by atoms with Crippen molar-refractivity contribution in [2.45, 2.75) is 26.8 Å². The van der Waals surface area contributed by atoms with Crippen molar-refractivity contribution < 1.29 is 9.26 Å². The zero-order chi connectivity index (χ0) is 24.5. The normalized spacial score (nSPS) is 15.8. The van der Waals surface area contributed by atoms with E-state index in [0.717, 1.165) is 33.8 Å². The zero-order valence-corrected chi connectivity index (χ0v) is 20.9. The number of hydrogen-bond acceptors (Lipinski definition) is 5. The highest BCUT2D eigenvalue weighted by atomic mass is 32.1. The fraction of sp³-hybridized carbons (Fsp3) is 0.179. The van der Waals surface area contributed by atoms with E-state index in [1.54, 1.807) is 7.11 Å². The van der Waals surface area contributed by atoms with Crippen molar-refractivity contribution in [3.05, 3.63) is 101 Å². The first-order valence-electron chi connectivity index (χ1n) is 11.4. The van der Waals surface area contributed by atoms with Crippen molar-refractivity contribution in [3.8, 4) is 17.1 Å². The maximum Gasteiger partial charge on any atom is 0.258 e. The molecule has 3 aromatic carbocycles. The minimum absolute atomic E-state index is 0.264. The summed E-state index contributed by atoms with van der Waals surface area (Å²) in [7, 11) is 1.66. The van der Waals surface area contributed by atoms with E-state index in [0.29, 0.717) is 16.8 Å². The Bertz CT molecular complexity index is 1390. The molecule has 2 heterocycles. The molecule has 35 heavy (non-hydrogen) atoms. The number of thiocarbonyl (C=S) groups is 1. The first-order valence-corrected chi connectivity index (χ1v) is 11.8. The number of ether oxygens (including phenoxy) is 1. The molecule has 0 fully saturated rings. The number of nitrogens with one attached hydrogen (secondary N) is 1. The largest absolute Gasteiger partial charge is 0.497 e. The number of hydrogen-bond donors (Lipinski definition) is 1. The summed E-state index contributed by atoms with van der Waals surface area (Å²) >= 11 is 5.87. The van der Waals surface area contributed by atoms with Gasteiger partial charge < -0.3 is 14.6 Å². The molecule has 0 amide bonds. The highest BCUT2D eigenvalue weighted by Crippen LogP contribution is 2.39. The van der Waals surface area contributed by atoms with Crippen molar-refractivity contribution in [2.75, 3.05) is 12.0 Å². The molecular formula is C28H26N4O2S. The van der Waals surface area contributed by atoms with Crippen LogP contribution in [0.1, 0.15) is 35.5 Å². The van der Waals surface area contributed by atoms with Crippen molar-refractivity contribution in [1.29, 1.82) is 0 Å². The average molecular weight is 483 g/mol. The van der Waals surface area contributed by atoms with E-state index in [9.17, 15) is 0 Å². The molecule has 0 aliphatic carbocycles. The molecule has 1 aliphatic rings. The molecule has 6 nitrogen and oxygen atoms in total. The maximum absolute atomic E-state index is 5.87. The Balaban J connectivity index is 1.66. The maximum atomic E-state index is 5.87. The Hall–Kier alpha value is -3.97. The van der Waals surface area contributed by atoms with Crippen molar-refractivity contribution in [1.82, 2.24) is 15.5 Å². The van der Waals surface area contributed by atoms with Crippen LogP contribution in [0.5, 0.6) is 5.75 Å². The molecule has 0 bridgehead atoms. The Labute approximate surface area is 210 Å². The molecule has 7 heteroatoms. The van der Waals surface area contributed by atoms with E-state index in [1.165, 1.54) is 11.1 Å². The second kappa shape index (κ2) is 9.35. The number of methoxy groups -OCH3 is 1. The number of aryl methyl sites for hydroxylation is 2. The molecule has 4 aromatic rings. The third-order valence-electron chi connectivity index (χ3n) is 6.09. The third-order valence-corrected chi connectivity index (χ3v) is 6.39. The van der Waals surface area contributed by atoms with Gasteiger partial charge in [-0.2, -0.15) is 4.98 Å². The fourth-order valence-electron chi connectivity index (χ4n) is 4.49. The van der Waals surface area contributed by atoms with E-state index >= 15 is 0 Å². The fourth-order valence-corrected chi connectivity index (χ4v) is 4.85. The Kier molecular flexibility index (Phi) is 6.09. The SMILES string of the molecule is COc1ccc(C2NC(=S)N(c3cc(C)cc(C)c3)C(C)=C2c2nc(-c3ccccc3)no2)cc1. The van der Waals surface area contributed by atoms with E-state index in [-0.39, 0.29) is 6.04 Å². The van der Waals surface area contributed by atoms with Gasteiger partial charge in [-0.25, -0.2) is 0 Å². The molecule has 1 atom stereocenters. The van der Waals surface area contributed by atoms with E-state index < -0.39 is 0 Å². The van der Waals surface area contributed by atoms with Gasteiger partial charge in [0.05, 0.1) is 18.7 Å². The van der Waals surface area contributed by atoms with Gasteiger partial charge in [0.1, 0.15) is 5.75 Å². The first-order chi connectivity index (χ1) is 16.9. The predicted molar refractivity (Wildman–Crippen MR) is 142 cm³/mol. The minimum Gasteiger partial charge on any atom is -0.497 e. The van der Waals surface area contributed by atoms with Crippen LogP contribution in [0.3, 0.4) is 0 Å². The summed E-state index contributed by atoms with van der Waals surface area (Å²) in [5, 5.41) is 8.40. The predicted octanol–water partition coefficient (Wildman–Crippen LogP) is 6.23. The molecule has 5 rings (SSSR count). The van der Waals surface area contributed by atoms with E-state index in [4.69, 9.17) is 26.5 Å². The summed E-state index contributed by atoms with van der Waals surface area (Å²) in [4.78, 5) is 6.82. The van der Waals surface area contributed by atoms with Crippen LogP contribution in [0.15, 0.2) is 83.0 Å². The standard InChI is InChI=1S/C28H26N4O2S/c1-17-14-18(2)16-22(15-17)32-19(3)24(27-30-26(31-34-27)21-8-6-5-7-9-21)25(29-28(32)35)20-10-12-23(33-4)13-11-20/h5-16,25H,1-4H3,(H,29,35). The highest BCUT2D eigenvalue weighted by molar-refractivity contribution is 7.80. The Morgan fingerprint density at radius 1 is 0.943 bits per heavy atom. The summed E-state index contributed by atoms with van der Waals surface area (Å²) in [5.74, 6) is 1.78. The number of anilines is 1. The number of benzene rings is 3. The van der Waals surface area contributed by atoms with Gasteiger partial charge in [-0.05, 0) is 73.9 Å². The van der Waals surface area contributed by atoms with Gasteiger partial charge in [-0.3, -0.25) is 4.90 Å². The number of rotatable bonds is 5. The van der Waals surface area contributed by atoms with Crippen molar-refractivity contribution in [3.63, 3.8) is 0 Å². The van der Waals surface area contributed by atoms with Crippen LogP contribution in [0.4, 0.5) is 5.69 Å². The molecule has 1 N–H and O–H groups in total. The van der Waals surface area contributed by atoms with E-state index in [2.05, 4.69) is 42.5 Å². The Morgan fingerprint density at radius 2 is 1.63 bits per heavy atom. The van der Waals surface area contributed by atoms with Gasteiger partial charge in [0.2, 0.25) is 5.82 Å². The molecule has 0 spiro atoms. The van der Waals surface area contributed by atoms with Crippen LogP contribution in [0.2, 0.25) is 0 Å². The van der Waals surface area contributed by atoms with Gasteiger partial charge in [-0.15, -0.1) is 0 Å². The van der Waals surface area contributed by atoms with Crippen LogP contribution in [0.25, 0.3) is 17.0 Å². The van der Waals surface area contributed by atoms with Crippen LogP contribution in [0, 0.1) is 13.8 Å². The summed E-state index contributed by atoms with van der Waals surface area (Å²) in [6.07, 6.45) is 0. The van der Waals surface area contributed by atoms with Crippen LogP contribution >= 0.6 is 12.2 Å². The van der Waals surface area contributed by atoms with E-state index in [1.807, 2.05) is 66.4 Å². The highest BCUT2D eigenvalue weighted by Gasteiger charge is 2.35. The monoisotopic (exact) mass is 482 g/mol. The summed E-state index contributed by atoms with van der Waals surface area (Å²) in [5.41, 5.74) is 7.04. The van der Waals surface area contributed by atoms with Gasteiger partial charge >= 0.3 is 0 Å². The Morgan fingerprint density at radius 3 is 2.29 bits per heavy atom. The lowest BCUT2D eigenvalue weighted by atomic mass is 9.94. The molecule has 1 aliphatic heterocycles. The molecule has 0 saturated carbocycles. The minimum atomic E-state index is -0.264. The average Bonchev–Trinajstić information content (AvgIpc) is 3.33.